The molecule has 0 aliphatic carbocycles. The fourth-order valence-electron chi connectivity index (χ4n) is 1.65. The van der Waals surface area contributed by atoms with Crippen LogP contribution in [0.15, 0.2) is 0 Å². The van der Waals surface area contributed by atoms with Crippen LogP contribution in [0.3, 0.4) is 0 Å². The van der Waals surface area contributed by atoms with Gasteiger partial charge in [0.05, 0.1) is 6.54 Å². The summed E-state index contributed by atoms with van der Waals surface area (Å²) in [7, 11) is 0. The molecule has 0 bridgehead atoms. The fraction of sp³-hybridized carbons (Fsp3) is 0.875. The highest BCUT2D eigenvalue weighted by Gasteiger charge is 2.21. The molecule has 0 radical (unpaired) electrons. The number of nitrogens with zero attached hydrogens (tertiary/aromatic N) is 1. The second-order valence-electron chi connectivity index (χ2n) is 3.27. The number of carbonyl (C=O) groups is 1. The van der Waals surface area contributed by atoms with Crippen LogP contribution in [-0.4, -0.2) is 43.4 Å². The third-order valence-corrected chi connectivity index (χ3v) is 2.21. The number of carbonyl (C=O) groups excluding carboxylic acids is 1. The summed E-state index contributed by atoms with van der Waals surface area (Å²) in [6.07, 6.45) is 0.114. The highest BCUT2D eigenvalue weighted by Crippen LogP contribution is 2.10. The summed E-state index contributed by atoms with van der Waals surface area (Å²) in [4.78, 5) is 11.8. The van der Waals surface area contributed by atoms with Gasteiger partial charge in [-0.1, -0.05) is 0 Å². The van der Waals surface area contributed by atoms with Crippen molar-refractivity contribution in [2.24, 2.45) is 0 Å². The van der Waals surface area contributed by atoms with E-state index in [1.54, 1.807) is 4.90 Å². The maximum atomic E-state index is 12.0. The van der Waals surface area contributed by atoms with Gasteiger partial charge in [-0.2, -0.15) is 0 Å². The number of likely N-dealkylation sites (tertiary alicyclic amines) is 1. The molecule has 0 unspecified atom stereocenters. The van der Waals surface area contributed by atoms with Gasteiger partial charge >= 0.3 is 0 Å². The van der Waals surface area contributed by atoms with E-state index in [-0.39, 0.29) is 25.0 Å². The Morgan fingerprint density at radius 2 is 2.29 bits per heavy atom. The molecule has 0 spiro atoms. The Balaban J connectivity index is 0.00000169. The lowest BCUT2D eigenvalue weighted by molar-refractivity contribution is -0.110. The summed E-state index contributed by atoms with van der Waals surface area (Å²) in [6.45, 7) is 1.07. The van der Waals surface area contributed by atoms with Gasteiger partial charge in [-0.15, -0.1) is 12.4 Å². The van der Waals surface area contributed by atoms with E-state index < -0.39 is 6.43 Å². The van der Waals surface area contributed by atoms with Crippen molar-refractivity contribution in [2.45, 2.75) is 25.3 Å². The highest BCUT2D eigenvalue weighted by atomic mass is 35.5. The Bertz CT molecular complexity index is 171. The molecule has 1 N–H and O–H groups in total. The van der Waals surface area contributed by atoms with Crippen molar-refractivity contribution in [1.29, 1.82) is 0 Å². The number of nitrogens with one attached hydrogen (secondary N) is 1. The van der Waals surface area contributed by atoms with Gasteiger partial charge in [-0.3, -0.25) is 9.69 Å². The largest absolute Gasteiger partial charge is 0.355 e. The molecule has 1 rings (SSSR count). The van der Waals surface area contributed by atoms with Crippen molar-refractivity contribution >= 4 is 18.8 Å². The third kappa shape index (κ3) is 4.72. The molecule has 0 aromatic carbocycles. The molecule has 84 valence electrons. The lowest BCUT2D eigenvalue weighted by atomic mass is 10.1. The number of amides is 1. The summed E-state index contributed by atoms with van der Waals surface area (Å²) in [5, 5.41) is 2.62. The monoisotopic (exact) mass is 228 g/mol. The maximum Gasteiger partial charge on any atom is 0.251 e. The van der Waals surface area contributed by atoms with E-state index in [4.69, 9.17) is 0 Å². The molecule has 1 fully saturated rings. The lowest BCUT2D eigenvalue weighted by Gasteiger charge is -2.31. The lowest BCUT2D eigenvalue weighted by Crippen LogP contribution is -2.46. The molecule has 1 aliphatic heterocycles. The number of hydrogen-bond acceptors (Lipinski definition) is 2. The smallest absolute Gasteiger partial charge is 0.251 e. The summed E-state index contributed by atoms with van der Waals surface area (Å²) < 4.78 is 24.0. The topological polar surface area (TPSA) is 32.3 Å². The van der Waals surface area contributed by atoms with Gasteiger partial charge in [0, 0.05) is 12.6 Å². The molecule has 0 aromatic heterocycles. The Hall–Kier alpha value is -0.420. The highest BCUT2D eigenvalue weighted by molar-refractivity contribution is 5.85. The van der Waals surface area contributed by atoms with Gasteiger partial charge < -0.3 is 5.32 Å². The summed E-state index contributed by atoms with van der Waals surface area (Å²) in [5.74, 6) is 0. The molecule has 1 saturated heterocycles. The Morgan fingerprint density at radius 3 is 2.86 bits per heavy atom. The SMILES string of the molecule is Cl.O=CN[C@H]1CCCN(CC(F)F)C1. The van der Waals surface area contributed by atoms with Gasteiger partial charge in [-0.25, -0.2) is 8.78 Å². The summed E-state index contributed by atoms with van der Waals surface area (Å²) >= 11 is 0. The minimum Gasteiger partial charge on any atom is -0.355 e. The van der Waals surface area contributed by atoms with Crippen LogP contribution in [-0.2, 0) is 4.79 Å². The molecular weight excluding hydrogens is 214 g/mol. The molecule has 1 amide bonds. The van der Waals surface area contributed by atoms with E-state index in [1.165, 1.54) is 0 Å². The third-order valence-electron chi connectivity index (χ3n) is 2.21. The van der Waals surface area contributed by atoms with Gasteiger partial charge in [0.2, 0.25) is 6.41 Å². The van der Waals surface area contributed by atoms with Crippen molar-refractivity contribution in [3.8, 4) is 0 Å². The molecule has 6 heteroatoms. The fourth-order valence-corrected chi connectivity index (χ4v) is 1.65. The van der Waals surface area contributed by atoms with E-state index in [2.05, 4.69) is 5.32 Å². The number of piperidine rings is 1. The van der Waals surface area contributed by atoms with Crippen LogP contribution in [0.1, 0.15) is 12.8 Å². The van der Waals surface area contributed by atoms with Crippen molar-refractivity contribution in [3.63, 3.8) is 0 Å². The maximum absolute atomic E-state index is 12.0. The zero-order chi connectivity index (χ0) is 9.68. The normalized spacial score (nSPS) is 22.9. The van der Waals surface area contributed by atoms with Crippen LogP contribution in [0.25, 0.3) is 0 Å². The second kappa shape index (κ2) is 6.95. The summed E-state index contributed by atoms with van der Waals surface area (Å²) in [6, 6.07) is 0.0463. The standard InChI is InChI=1S/C8H14F2N2O.ClH/c9-8(10)5-12-3-1-2-7(4-12)11-6-13;/h6-8H,1-5H2,(H,11,13);1H/t7-;/m0./s1. The van der Waals surface area contributed by atoms with Crippen molar-refractivity contribution in [2.75, 3.05) is 19.6 Å². The van der Waals surface area contributed by atoms with Gasteiger partial charge in [0.1, 0.15) is 0 Å². The minimum absolute atomic E-state index is 0. The molecule has 1 aliphatic rings. The number of rotatable bonds is 4. The van der Waals surface area contributed by atoms with E-state index in [0.717, 1.165) is 12.8 Å². The van der Waals surface area contributed by atoms with E-state index in [0.29, 0.717) is 19.5 Å². The number of halogens is 3. The molecule has 14 heavy (non-hydrogen) atoms. The zero-order valence-corrected chi connectivity index (χ0v) is 8.60. The Morgan fingerprint density at radius 1 is 1.57 bits per heavy atom. The predicted octanol–water partition coefficient (Wildman–Crippen LogP) is 0.884. The average molecular weight is 229 g/mol. The number of hydrogen-bond donors (Lipinski definition) is 1. The van der Waals surface area contributed by atoms with E-state index in [9.17, 15) is 13.6 Å². The van der Waals surface area contributed by atoms with Crippen molar-refractivity contribution < 1.29 is 13.6 Å². The van der Waals surface area contributed by atoms with Gasteiger partial charge in [-0.05, 0) is 19.4 Å². The summed E-state index contributed by atoms with van der Waals surface area (Å²) in [5.41, 5.74) is 0. The zero-order valence-electron chi connectivity index (χ0n) is 7.79. The van der Waals surface area contributed by atoms with Gasteiger partial charge in [0.15, 0.2) is 0 Å². The first-order valence-corrected chi connectivity index (χ1v) is 4.42. The van der Waals surface area contributed by atoms with Crippen LogP contribution in [0.2, 0.25) is 0 Å². The molecular formula is C8H15ClF2N2O. The molecule has 3 nitrogen and oxygen atoms in total. The molecule has 1 atom stereocenters. The van der Waals surface area contributed by atoms with Crippen LogP contribution >= 0.6 is 12.4 Å². The van der Waals surface area contributed by atoms with E-state index >= 15 is 0 Å². The second-order valence-corrected chi connectivity index (χ2v) is 3.27. The van der Waals surface area contributed by atoms with Crippen LogP contribution < -0.4 is 5.32 Å². The molecule has 1 heterocycles. The Labute approximate surface area is 88.2 Å². The molecule has 0 saturated carbocycles. The Kier molecular flexibility index (Phi) is 6.74. The minimum atomic E-state index is -2.28. The van der Waals surface area contributed by atoms with Gasteiger partial charge in [0.25, 0.3) is 6.43 Å². The first-order chi connectivity index (χ1) is 6.22. The van der Waals surface area contributed by atoms with Crippen molar-refractivity contribution in [1.82, 2.24) is 10.2 Å². The predicted molar refractivity (Wildman–Crippen MR) is 51.9 cm³/mol. The molecule has 0 aromatic rings. The average Bonchev–Trinajstić information content (AvgIpc) is 2.04. The first-order valence-electron chi connectivity index (χ1n) is 4.42. The van der Waals surface area contributed by atoms with Crippen LogP contribution in [0, 0.1) is 0 Å². The quantitative estimate of drug-likeness (QED) is 0.725. The van der Waals surface area contributed by atoms with Crippen molar-refractivity contribution in [3.05, 3.63) is 0 Å². The van der Waals surface area contributed by atoms with E-state index in [1.807, 2.05) is 0 Å². The first kappa shape index (κ1) is 13.6. The van der Waals surface area contributed by atoms with Crippen LogP contribution in [0.4, 0.5) is 8.78 Å². The number of alkyl halides is 2. The van der Waals surface area contributed by atoms with Crippen LogP contribution in [0.5, 0.6) is 0 Å².